The molecule has 0 saturated carbocycles. The standard InChI is InChI=1S/C23H33N5O4/c1-30-20-11-18(12-21(31-2)22(20)32-3)14-26-8-6-7-17(13-26)15-28-16-19(24-25-28)23(29)27-9-4-5-10-27/h11-12,16-17H,4-10,13-15H2,1-3H3/t17-/m0/s1. The normalized spacial score (nSPS) is 19.2. The lowest BCUT2D eigenvalue weighted by Gasteiger charge is -2.32. The van der Waals surface area contributed by atoms with Crippen molar-refractivity contribution in [2.45, 2.75) is 38.8 Å². The van der Waals surface area contributed by atoms with E-state index in [0.29, 0.717) is 28.9 Å². The number of carbonyl (C=O) groups is 1. The molecule has 2 aliphatic rings. The van der Waals surface area contributed by atoms with Gasteiger partial charge < -0.3 is 19.1 Å². The molecule has 2 aliphatic heterocycles. The topological polar surface area (TPSA) is 82.0 Å². The molecule has 9 nitrogen and oxygen atoms in total. The first kappa shape index (κ1) is 22.4. The molecule has 3 heterocycles. The fourth-order valence-corrected chi connectivity index (χ4v) is 4.76. The number of amides is 1. The Bertz CT molecular complexity index is 900. The maximum absolute atomic E-state index is 12.5. The number of likely N-dealkylation sites (tertiary alicyclic amines) is 2. The van der Waals surface area contributed by atoms with E-state index in [2.05, 4.69) is 15.2 Å². The minimum absolute atomic E-state index is 0.00132. The number of ether oxygens (including phenoxy) is 3. The van der Waals surface area contributed by atoms with Gasteiger partial charge in [-0.05, 0) is 55.8 Å². The summed E-state index contributed by atoms with van der Waals surface area (Å²) in [5.74, 6) is 2.42. The van der Waals surface area contributed by atoms with Crippen LogP contribution in [0.2, 0.25) is 0 Å². The van der Waals surface area contributed by atoms with E-state index in [-0.39, 0.29) is 5.91 Å². The summed E-state index contributed by atoms with van der Waals surface area (Å²) in [5.41, 5.74) is 1.58. The Kier molecular flexibility index (Phi) is 7.14. The fraction of sp³-hybridized carbons (Fsp3) is 0.609. The summed E-state index contributed by atoms with van der Waals surface area (Å²) < 4.78 is 18.3. The molecule has 0 spiro atoms. The molecule has 1 atom stereocenters. The molecule has 0 radical (unpaired) electrons. The first-order valence-corrected chi connectivity index (χ1v) is 11.3. The summed E-state index contributed by atoms with van der Waals surface area (Å²) in [7, 11) is 4.89. The van der Waals surface area contributed by atoms with Crippen LogP contribution in [0.15, 0.2) is 18.3 Å². The van der Waals surface area contributed by atoms with Crippen LogP contribution in [0, 0.1) is 5.92 Å². The molecule has 32 heavy (non-hydrogen) atoms. The summed E-state index contributed by atoms with van der Waals surface area (Å²) in [6.07, 6.45) is 6.22. The molecular weight excluding hydrogens is 410 g/mol. The first-order chi connectivity index (χ1) is 15.6. The predicted molar refractivity (Wildman–Crippen MR) is 119 cm³/mol. The molecule has 0 N–H and O–H groups in total. The molecule has 0 unspecified atom stereocenters. The van der Waals surface area contributed by atoms with Gasteiger partial charge in [-0.25, -0.2) is 0 Å². The monoisotopic (exact) mass is 443 g/mol. The average molecular weight is 444 g/mol. The van der Waals surface area contributed by atoms with Gasteiger partial charge in [0.1, 0.15) is 0 Å². The van der Waals surface area contributed by atoms with Crippen molar-refractivity contribution in [2.24, 2.45) is 5.92 Å². The number of benzene rings is 1. The number of rotatable bonds is 8. The molecule has 1 aromatic carbocycles. The van der Waals surface area contributed by atoms with Crippen molar-refractivity contribution in [3.05, 3.63) is 29.6 Å². The first-order valence-electron chi connectivity index (χ1n) is 11.3. The summed E-state index contributed by atoms with van der Waals surface area (Å²) in [4.78, 5) is 16.8. The van der Waals surface area contributed by atoms with Crippen LogP contribution >= 0.6 is 0 Å². The van der Waals surface area contributed by atoms with Crippen molar-refractivity contribution in [3.8, 4) is 17.2 Å². The van der Waals surface area contributed by atoms with Gasteiger partial charge in [-0.3, -0.25) is 14.4 Å². The van der Waals surface area contributed by atoms with E-state index in [1.807, 2.05) is 21.7 Å². The molecule has 1 amide bonds. The van der Waals surface area contributed by atoms with Crippen molar-refractivity contribution < 1.29 is 19.0 Å². The predicted octanol–water partition coefficient (Wildman–Crippen LogP) is 2.45. The quantitative estimate of drug-likeness (QED) is 0.620. The Morgan fingerprint density at radius 1 is 1.03 bits per heavy atom. The zero-order chi connectivity index (χ0) is 22.5. The van der Waals surface area contributed by atoms with Crippen molar-refractivity contribution in [3.63, 3.8) is 0 Å². The van der Waals surface area contributed by atoms with E-state index in [1.165, 1.54) is 0 Å². The highest BCUT2D eigenvalue weighted by atomic mass is 16.5. The van der Waals surface area contributed by atoms with Crippen LogP contribution in [0.3, 0.4) is 0 Å². The van der Waals surface area contributed by atoms with Crippen molar-refractivity contribution in [2.75, 3.05) is 47.5 Å². The molecule has 1 aromatic heterocycles. The molecule has 4 rings (SSSR count). The van der Waals surface area contributed by atoms with Gasteiger partial charge in [-0.2, -0.15) is 0 Å². The smallest absolute Gasteiger partial charge is 0.276 e. The highest BCUT2D eigenvalue weighted by Crippen LogP contribution is 2.38. The molecule has 2 saturated heterocycles. The highest BCUT2D eigenvalue weighted by molar-refractivity contribution is 5.92. The second-order valence-electron chi connectivity index (χ2n) is 8.60. The zero-order valence-electron chi connectivity index (χ0n) is 19.2. The number of piperidine rings is 1. The van der Waals surface area contributed by atoms with Gasteiger partial charge in [0, 0.05) is 32.7 Å². The van der Waals surface area contributed by atoms with Crippen molar-refractivity contribution >= 4 is 5.91 Å². The van der Waals surface area contributed by atoms with Gasteiger partial charge in [0.05, 0.1) is 27.5 Å². The summed E-state index contributed by atoms with van der Waals surface area (Å²) >= 11 is 0. The maximum atomic E-state index is 12.5. The van der Waals surface area contributed by atoms with E-state index in [0.717, 1.165) is 70.5 Å². The third-order valence-electron chi connectivity index (χ3n) is 6.33. The minimum atomic E-state index is 0.00132. The van der Waals surface area contributed by atoms with Crippen molar-refractivity contribution in [1.29, 1.82) is 0 Å². The molecule has 2 fully saturated rings. The molecule has 174 valence electrons. The second kappa shape index (κ2) is 10.2. The van der Waals surface area contributed by atoms with E-state index in [4.69, 9.17) is 14.2 Å². The summed E-state index contributed by atoms with van der Waals surface area (Å²) in [5, 5.41) is 8.37. The lowest BCUT2D eigenvalue weighted by Crippen LogP contribution is -2.36. The lowest BCUT2D eigenvalue weighted by atomic mass is 9.97. The number of aromatic nitrogens is 3. The van der Waals surface area contributed by atoms with Gasteiger partial charge >= 0.3 is 0 Å². The zero-order valence-corrected chi connectivity index (χ0v) is 19.2. The second-order valence-corrected chi connectivity index (χ2v) is 8.60. The third-order valence-corrected chi connectivity index (χ3v) is 6.33. The van der Waals surface area contributed by atoms with E-state index in [1.54, 1.807) is 27.5 Å². The number of methoxy groups -OCH3 is 3. The van der Waals surface area contributed by atoms with Gasteiger partial charge in [0.2, 0.25) is 5.75 Å². The molecular formula is C23H33N5O4. The Morgan fingerprint density at radius 2 is 1.75 bits per heavy atom. The maximum Gasteiger partial charge on any atom is 0.276 e. The number of nitrogens with zero attached hydrogens (tertiary/aromatic N) is 5. The highest BCUT2D eigenvalue weighted by Gasteiger charge is 2.25. The largest absolute Gasteiger partial charge is 0.493 e. The fourth-order valence-electron chi connectivity index (χ4n) is 4.76. The molecule has 0 aliphatic carbocycles. The van der Waals surface area contributed by atoms with Crippen LogP contribution in [-0.2, 0) is 13.1 Å². The number of hydrogen-bond donors (Lipinski definition) is 0. The van der Waals surface area contributed by atoms with E-state index >= 15 is 0 Å². The molecule has 2 aromatic rings. The van der Waals surface area contributed by atoms with E-state index in [9.17, 15) is 4.79 Å². The number of hydrogen-bond acceptors (Lipinski definition) is 7. The minimum Gasteiger partial charge on any atom is -0.493 e. The van der Waals surface area contributed by atoms with Gasteiger partial charge in [0.15, 0.2) is 17.2 Å². The lowest BCUT2D eigenvalue weighted by molar-refractivity contribution is 0.0787. The Morgan fingerprint density at radius 3 is 2.41 bits per heavy atom. The van der Waals surface area contributed by atoms with Gasteiger partial charge in [-0.15, -0.1) is 5.10 Å². The summed E-state index contributed by atoms with van der Waals surface area (Å²) in [6, 6.07) is 4.03. The Balaban J connectivity index is 1.37. The Hall–Kier alpha value is -2.81. The van der Waals surface area contributed by atoms with Crippen LogP contribution in [0.5, 0.6) is 17.2 Å². The van der Waals surface area contributed by atoms with Crippen LogP contribution in [0.25, 0.3) is 0 Å². The van der Waals surface area contributed by atoms with Crippen LogP contribution in [0.1, 0.15) is 41.7 Å². The van der Waals surface area contributed by atoms with Gasteiger partial charge in [0.25, 0.3) is 5.91 Å². The molecule has 0 bridgehead atoms. The summed E-state index contributed by atoms with van der Waals surface area (Å²) in [6.45, 7) is 5.23. The number of carbonyl (C=O) groups excluding carboxylic acids is 1. The average Bonchev–Trinajstić information content (AvgIpc) is 3.51. The SMILES string of the molecule is COc1cc(CN2CCC[C@H](Cn3cc(C(=O)N4CCCC4)nn3)C2)cc(OC)c1OC. The Labute approximate surface area is 189 Å². The molecule has 9 heteroatoms. The van der Waals surface area contributed by atoms with Crippen LogP contribution in [-0.4, -0.2) is 78.2 Å². The third kappa shape index (κ3) is 4.98. The van der Waals surface area contributed by atoms with Gasteiger partial charge in [-0.1, -0.05) is 5.21 Å². The van der Waals surface area contributed by atoms with Crippen LogP contribution in [0.4, 0.5) is 0 Å². The van der Waals surface area contributed by atoms with E-state index < -0.39 is 0 Å². The van der Waals surface area contributed by atoms with Crippen molar-refractivity contribution in [1.82, 2.24) is 24.8 Å². The van der Waals surface area contributed by atoms with Crippen LogP contribution < -0.4 is 14.2 Å².